The van der Waals surface area contributed by atoms with Gasteiger partial charge in [-0.1, -0.05) is 42.5 Å². The number of rotatable bonds is 21. The fourth-order valence-electron chi connectivity index (χ4n) is 4.61. The summed E-state index contributed by atoms with van der Waals surface area (Å²) in [6, 6.07) is 17.5. The molecule has 0 aliphatic rings. The lowest BCUT2D eigenvalue weighted by molar-refractivity contribution is -0.384. The Morgan fingerprint density at radius 3 is 2.19 bits per heavy atom. The van der Waals surface area contributed by atoms with Crippen molar-refractivity contribution in [3.05, 3.63) is 100 Å². The first-order valence-corrected chi connectivity index (χ1v) is 16.3. The van der Waals surface area contributed by atoms with E-state index in [1.54, 1.807) is 24.3 Å². The molecule has 0 aliphatic heterocycles. The minimum Gasteiger partial charge on any atom is -0.429 e. The molecule has 0 radical (unpaired) electrons. The average molecular weight is 723 g/mol. The van der Waals surface area contributed by atoms with Crippen LogP contribution < -0.4 is 31.7 Å². The first kappa shape index (κ1) is 40.4. The standard InChI is InChI=1S/C35H42N6O11/c1-49-20-21-50-19-17-31(42)39-30(22-24-6-3-2-4-7-24)33(44)40-29(8-5-18-37-34(36)45)32(43)38-26-11-9-25(10-12-26)23-51-35(46)52-28-15-13-27(14-16-28)41(47)48/h2-4,6-7,9-16,29-30H,5,8,17-23H2,1H3,(H,38,43)(H,39,42)(H,40,44)(H3,36,37,45). The normalized spacial score (nSPS) is 11.7. The van der Waals surface area contributed by atoms with Gasteiger partial charge in [-0.2, -0.15) is 0 Å². The maximum absolute atomic E-state index is 13.6. The number of carbonyl (C=O) groups is 5. The van der Waals surface area contributed by atoms with Gasteiger partial charge in [0.1, 0.15) is 24.4 Å². The molecule has 5 amide bonds. The Hall–Kier alpha value is -6.07. The number of methoxy groups -OCH3 is 1. The molecule has 0 saturated heterocycles. The lowest BCUT2D eigenvalue weighted by Gasteiger charge is -2.23. The summed E-state index contributed by atoms with van der Waals surface area (Å²) in [6.45, 7) is 0.811. The Morgan fingerprint density at radius 2 is 1.54 bits per heavy atom. The van der Waals surface area contributed by atoms with Crippen LogP contribution in [-0.2, 0) is 41.6 Å². The van der Waals surface area contributed by atoms with E-state index in [-0.39, 0.29) is 50.5 Å². The summed E-state index contributed by atoms with van der Waals surface area (Å²) < 4.78 is 20.4. The smallest absolute Gasteiger partial charge is 0.429 e. The zero-order chi connectivity index (χ0) is 37.7. The van der Waals surface area contributed by atoms with E-state index < -0.39 is 46.9 Å². The molecule has 52 heavy (non-hydrogen) atoms. The first-order valence-electron chi connectivity index (χ1n) is 16.3. The van der Waals surface area contributed by atoms with Gasteiger partial charge in [0.15, 0.2) is 0 Å². The van der Waals surface area contributed by atoms with Crippen LogP contribution in [0.15, 0.2) is 78.9 Å². The highest BCUT2D eigenvalue weighted by Gasteiger charge is 2.27. The van der Waals surface area contributed by atoms with Gasteiger partial charge in [-0.25, -0.2) is 9.59 Å². The lowest BCUT2D eigenvalue weighted by Crippen LogP contribution is -2.53. The fourth-order valence-corrected chi connectivity index (χ4v) is 4.61. The average Bonchev–Trinajstić information content (AvgIpc) is 3.12. The van der Waals surface area contributed by atoms with Gasteiger partial charge in [-0.05, 0) is 48.2 Å². The number of nitrogens with zero attached hydrogens (tertiary/aromatic N) is 1. The lowest BCUT2D eigenvalue weighted by atomic mass is 10.0. The molecule has 0 saturated carbocycles. The van der Waals surface area contributed by atoms with E-state index >= 15 is 0 Å². The summed E-state index contributed by atoms with van der Waals surface area (Å²) in [4.78, 5) is 73.3. The molecule has 0 heterocycles. The van der Waals surface area contributed by atoms with Crippen molar-refractivity contribution in [1.29, 1.82) is 0 Å². The number of non-ortho nitro benzene ring substituents is 1. The molecule has 6 N–H and O–H groups in total. The summed E-state index contributed by atoms with van der Waals surface area (Å²) in [7, 11) is 1.54. The van der Waals surface area contributed by atoms with E-state index in [1.807, 2.05) is 30.3 Å². The third-order valence-corrected chi connectivity index (χ3v) is 7.27. The highest BCUT2D eigenvalue weighted by atomic mass is 16.7. The summed E-state index contributed by atoms with van der Waals surface area (Å²) in [6.07, 6.45) is -0.437. The molecule has 0 fully saturated rings. The molecule has 17 heteroatoms. The third kappa shape index (κ3) is 15.2. The number of ether oxygens (including phenoxy) is 4. The van der Waals surface area contributed by atoms with Gasteiger partial charge in [0.2, 0.25) is 17.7 Å². The van der Waals surface area contributed by atoms with Crippen LogP contribution in [-0.4, -0.2) is 80.4 Å². The largest absolute Gasteiger partial charge is 0.514 e. The van der Waals surface area contributed by atoms with Crippen LogP contribution >= 0.6 is 0 Å². The second kappa shape index (κ2) is 21.9. The highest BCUT2D eigenvalue weighted by molar-refractivity contribution is 5.98. The molecule has 0 aromatic heterocycles. The molecule has 3 aromatic carbocycles. The Morgan fingerprint density at radius 1 is 0.827 bits per heavy atom. The predicted molar refractivity (Wildman–Crippen MR) is 187 cm³/mol. The van der Waals surface area contributed by atoms with Crippen molar-refractivity contribution in [2.75, 3.05) is 38.8 Å². The minimum absolute atomic E-state index is 0.00694. The van der Waals surface area contributed by atoms with Gasteiger partial charge in [0, 0.05) is 44.3 Å². The molecule has 17 nitrogen and oxygen atoms in total. The number of hydrogen-bond donors (Lipinski definition) is 5. The van der Waals surface area contributed by atoms with Crippen molar-refractivity contribution in [2.24, 2.45) is 5.73 Å². The fraction of sp³-hybridized carbons (Fsp3) is 0.343. The van der Waals surface area contributed by atoms with E-state index in [4.69, 9.17) is 24.7 Å². The van der Waals surface area contributed by atoms with Crippen molar-refractivity contribution < 1.29 is 47.8 Å². The number of nitro benzene ring substituents is 1. The third-order valence-electron chi connectivity index (χ3n) is 7.27. The Labute approximate surface area is 299 Å². The number of hydrogen-bond acceptors (Lipinski definition) is 11. The second-order valence-corrected chi connectivity index (χ2v) is 11.2. The van der Waals surface area contributed by atoms with Gasteiger partial charge in [0.25, 0.3) is 5.69 Å². The van der Waals surface area contributed by atoms with Crippen molar-refractivity contribution in [3.8, 4) is 5.75 Å². The topological polar surface area (TPSA) is 240 Å². The SMILES string of the molecule is COCCOCCC(=O)NC(Cc1ccccc1)C(=O)NC(CCCNC(N)=O)C(=O)Nc1ccc(COC(=O)Oc2ccc([N+](=O)[O-])cc2)cc1. The number of primary amides is 1. The maximum atomic E-state index is 13.6. The first-order chi connectivity index (χ1) is 25.0. The number of urea groups is 1. The van der Waals surface area contributed by atoms with Crippen LogP contribution in [0.5, 0.6) is 5.75 Å². The molecule has 3 aromatic rings. The van der Waals surface area contributed by atoms with E-state index in [0.29, 0.717) is 30.9 Å². The highest BCUT2D eigenvalue weighted by Crippen LogP contribution is 2.18. The number of nitrogens with two attached hydrogens (primary N) is 1. The maximum Gasteiger partial charge on any atom is 0.514 e. The molecule has 3 rings (SSSR count). The number of carbonyl (C=O) groups excluding carboxylic acids is 5. The zero-order valence-electron chi connectivity index (χ0n) is 28.5. The molecular formula is C35H42N6O11. The van der Waals surface area contributed by atoms with Crippen molar-refractivity contribution in [3.63, 3.8) is 0 Å². The zero-order valence-corrected chi connectivity index (χ0v) is 28.5. The Balaban J connectivity index is 1.62. The molecule has 2 unspecified atom stereocenters. The van der Waals surface area contributed by atoms with Crippen molar-refractivity contribution in [1.82, 2.24) is 16.0 Å². The van der Waals surface area contributed by atoms with E-state index in [9.17, 15) is 34.1 Å². The van der Waals surface area contributed by atoms with Crippen LogP contribution in [0, 0.1) is 10.1 Å². The minimum atomic E-state index is -1.06. The monoisotopic (exact) mass is 722 g/mol. The van der Waals surface area contributed by atoms with Gasteiger partial charge >= 0.3 is 12.2 Å². The van der Waals surface area contributed by atoms with Crippen LogP contribution in [0.4, 0.5) is 21.0 Å². The van der Waals surface area contributed by atoms with Crippen molar-refractivity contribution in [2.45, 2.75) is 44.4 Å². The van der Waals surface area contributed by atoms with Gasteiger partial charge in [0.05, 0.1) is 24.7 Å². The molecule has 0 aliphatic carbocycles. The summed E-state index contributed by atoms with van der Waals surface area (Å²) in [5.74, 6) is -1.49. The second-order valence-electron chi connectivity index (χ2n) is 11.2. The summed E-state index contributed by atoms with van der Waals surface area (Å²) >= 11 is 0. The Bertz CT molecular complexity index is 1620. The molecule has 278 valence electrons. The van der Waals surface area contributed by atoms with Gasteiger partial charge in [-0.3, -0.25) is 24.5 Å². The van der Waals surface area contributed by atoms with Gasteiger partial charge < -0.3 is 45.9 Å². The Kier molecular flexibility index (Phi) is 17.0. The quantitative estimate of drug-likeness (QED) is 0.0352. The van der Waals surface area contributed by atoms with E-state index in [2.05, 4.69) is 21.3 Å². The van der Waals surface area contributed by atoms with Crippen LogP contribution in [0.1, 0.15) is 30.4 Å². The van der Waals surface area contributed by atoms with Crippen LogP contribution in [0.2, 0.25) is 0 Å². The molecular weight excluding hydrogens is 680 g/mol. The summed E-state index contributed by atoms with van der Waals surface area (Å²) in [5, 5.41) is 21.5. The number of nitrogens with one attached hydrogen (secondary N) is 4. The number of amides is 5. The van der Waals surface area contributed by atoms with E-state index in [0.717, 1.165) is 5.56 Å². The van der Waals surface area contributed by atoms with Gasteiger partial charge in [-0.15, -0.1) is 0 Å². The van der Waals surface area contributed by atoms with Crippen LogP contribution in [0.3, 0.4) is 0 Å². The number of nitro groups is 1. The molecule has 2 atom stereocenters. The number of benzene rings is 3. The molecule has 0 spiro atoms. The number of anilines is 1. The predicted octanol–water partition coefficient (Wildman–Crippen LogP) is 2.96. The molecule has 0 bridgehead atoms. The van der Waals surface area contributed by atoms with Crippen molar-refractivity contribution >= 4 is 41.3 Å². The van der Waals surface area contributed by atoms with E-state index in [1.165, 1.54) is 31.4 Å². The summed E-state index contributed by atoms with van der Waals surface area (Å²) in [5.41, 5.74) is 6.72. The van der Waals surface area contributed by atoms with Crippen LogP contribution in [0.25, 0.3) is 0 Å².